The highest BCUT2D eigenvalue weighted by Gasteiger charge is 2.20. The fourth-order valence-electron chi connectivity index (χ4n) is 3.10. The predicted molar refractivity (Wildman–Crippen MR) is 101 cm³/mol. The summed E-state index contributed by atoms with van der Waals surface area (Å²) < 4.78 is 0. The van der Waals surface area contributed by atoms with E-state index in [-0.39, 0.29) is 11.8 Å². The molecule has 0 bridgehead atoms. The maximum Gasteiger partial charge on any atom is 0.225 e. The Morgan fingerprint density at radius 1 is 1.28 bits per heavy atom. The molecular formula is C21H25N3O. The van der Waals surface area contributed by atoms with Crippen molar-refractivity contribution in [3.63, 3.8) is 0 Å². The number of hydrogen-bond acceptors (Lipinski definition) is 3. The third kappa shape index (κ3) is 4.53. The first-order valence-corrected chi connectivity index (χ1v) is 9.02. The van der Waals surface area contributed by atoms with Crippen LogP contribution in [0.15, 0.2) is 48.7 Å². The largest absolute Gasteiger partial charge is 0.309 e. The summed E-state index contributed by atoms with van der Waals surface area (Å²) >= 11 is 0. The number of aromatic nitrogens is 2. The highest BCUT2D eigenvalue weighted by molar-refractivity contribution is 5.90. The van der Waals surface area contributed by atoms with Crippen molar-refractivity contribution in [2.24, 2.45) is 5.92 Å². The van der Waals surface area contributed by atoms with Gasteiger partial charge in [-0.15, -0.1) is 0 Å². The van der Waals surface area contributed by atoms with Crippen molar-refractivity contribution in [1.82, 2.24) is 9.97 Å². The Bertz CT molecular complexity index is 753. The van der Waals surface area contributed by atoms with Crippen molar-refractivity contribution in [3.05, 3.63) is 54.4 Å². The summed E-state index contributed by atoms with van der Waals surface area (Å²) in [6.45, 7) is 4.07. The molecular weight excluding hydrogens is 310 g/mol. The average molecular weight is 335 g/mol. The minimum atomic E-state index is -0.00204. The number of hydrogen-bond donors (Lipinski definition) is 1. The summed E-state index contributed by atoms with van der Waals surface area (Å²) in [6.07, 6.45) is 9.91. The molecule has 0 saturated heterocycles. The third-order valence-electron chi connectivity index (χ3n) is 4.33. The van der Waals surface area contributed by atoms with E-state index >= 15 is 0 Å². The van der Waals surface area contributed by atoms with Gasteiger partial charge in [0.05, 0.1) is 17.6 Å². The first-order valence-electron chi connectivity index (χ1n) is 9.02. The van der Waals surface area contributed by atoms with Crippen LogP contribution in [0.25, 0.3) is 11.3 Å². The first-order chi connectivity index (χ1) is 12.1. The van der Waals surface area contributed by atoms with E-state index in [1.807, 2.05) is 44.2 Å². The zero-order valence-corrected chi connectivity index (χ0v) is 14.9. The second kappa shape index (κ2) is 8.06. The predicted octanol–water partition coefficient (Wildman–Crippen LogP) is 4.95. The number of allylic oxidation sites excluding steroid dienone is 2. The Morgan fingerprint density at radius 2 is 2.08 bits per heavy atom. The molecule has 0 saturated carbocycles. The molecule has 1 heterocycles. The molecule has 4 heteroatoms. The van der Waals surface area contributed by atoms with E-state index < -0.39 is 0 Å². The summed E-state index contributed by atoms with van der Waals surface area (Å²) in [4.78, 5) is 21.6. The van der Waals surface area contributed by atoms with E-state index in [9.17, 15) is 4.79 Å². The zero-order valence-electron chi connectivity index (χ0n) is 14.9. The number of anilines is 1. The number of nitrogens with zero attached hydrogens (tertiary/aromatic N) is 2. The zero-order chi connectivity index (χ0) is 17.6. The fraction of sp³-hybridized carbons (Fsp3) is 0.381. The van der Waals surface area contributed by atoms with Crippen LogP contribution >= 0.6 is 0 Å². The topological polar surface area (TPSA) is 54.9 Å². The summed E-state index contributed by atoms with van der Waals surface area (Å²) in [5, 5.41) is 2.97. The van der Waals surface area contributed by atoms with Gasteiger partial charge in [-0.3, -0.25) is 4.79 Å². The van der Waals surface area contributed by atoms with E-state index in [2.05, 4.69) is 22.5 Å². The van der Waals surface area contributed by atoms with E-state index in [1.165, 1.54) is 0 Å². The molecule has 1 N–H and O–H groups in total. The molecule has 25 heavy (non-hydrogen) atoms. The number of benzene rings is 1. The SMILES string of the molecule is CC(C)CC(=O)Nc1ncc(-c2ccccc2)nc1C1C=CCCC1. The van der Waals surface area contributed by atoms with Gasteiger partial charge in [-0.25, -0.2) is 9.97 Å². The van der Waals surface area contributed by atoms with Crippen LogP contribution < -0.4 is 5.32 Å². The number of nitrogens with one attached hydrogen (secondary N) is 1. The van der Waals surface area contributed by atoms with Crippen molar-refractivity contribution in [2.45, 2.75) is 45.4 Å². The third-order valence-corrected chi connectivity index (χ3v) is 4.33. The van der Waals surface area contributed by atoms with Crippen LogP contribution in [0.2, 0.25) is 0 Å². The molecule has 0 radical (unpaired) electrons. The number of carbonyl (C=O) groups is 1. The van der Waals surface area contributed by atoms with Crippen molar-refractivity contribution < 1.29 is 4.79 Å². The van der Waals surface area contributed by atoms with Crippen LogP contribution in [0, 0.1) is 5.92 Å². The normalized spacial score (nSPS) is 16.8. The molecule has 1 aliphatic carbocycles. The summed E-state index contributed by atoms with van der Waals surface area (Å²) in [7, 11) is 0. The Kier molecular flexibility index (Phi) is 5.59. The second-order valence-corrected chi connectivity index (χ2v) is 6.97. The van der Waals surface area contributed by atoms with Gasteiger partial charge < -0.3 is 5.32 Å². The molecule has 130 valence electrons. The quantitative estimate of drug-likeness (QED) is 0.786. The lowest BCUT2D eigenvalue weighted by molar-refractivity contribution is -0.116. The van der Waals surface area contributed by atoms with Crippen LogP contribution in [-0.4, -0.2) is 15.9 Å². The van der Waals surface area contributed by atoms with Crippen LogP contribution in [0.1, 0.15) is 51.1 Å². The van der Waals surface area contributed by atoms with Gasteiger partial charge in [-0.1, -0.05) is 56.3 Å². The molecule has 3 rings (SSSR count). The average Bonchev–Trinajstić information content (AvgIpc) is 2.63. The monoisotopic (exact) mass is 335 g/mol. The summed E-state index contributed by atoms with van der Waals surface area (Å²) in [5.74, 6) is 1.12. The molecule has 0 fully saturated rings. The van der Waals surface area contributed by atoms with Crippen molar-refractivity contribution in [3.8, 4) is 11.3 Å². The minimum Gasteiger partial charge on any atom is -0.309 e. The molecule has 1 aromatic carbocycles. The van der Waals surface area contributed by atoms with Crippen LogP contribution in [0.3, 0.4) is 0 Å². The molecule has 1 aliphatic rings. The Hall–Kier alpha value is -2.49. The highest BCUT2D eigenvalue weighted by Crippen LogP contribution is 2.32. The molecule has 1 unspecified atom stereocenters. The molecule has 1 atom stereocenters. The molecule has 1 aromatic heterocycles. The minimum absolute atomic E-state index is 0.00204. The fourth-order valence-corrected chi connectivity index (χ4v) is 3.10. The van der Waals surface area contributed by atoms with Crippen molar-refractivity contribution in [2.75, 3.05) is 5.32 Å². The molecule has 0 aliphatic heterocycles. The number of amides is 1. The van der Waals surface area contributed by atoms with Crippen molar-refractivity contribution >= 4 is 11.7 Å². The van der Waals surface area contributed by atoms with Gasteiger partial charge in [0, 0.05) is 17.9 Å². The Balaban J connectivity index is 1.95. The van der Waals surface area contributed by atoms with Gasteiger partial charge in [0.1, 0.15) is 0 Å². The smallest absolute Gasteiger partial charge is 0.225 e. The van der Waals surface area contributed by atoms with Gasteiger partial charge in [-0.05, 0) is 25.2 Å². The number of carbonyl (C=O) groups excluding carboxylic acids is 1. The molecule has 1 amide bonds. The summed E-state index contributed by atoms with van der Waals surface area (Å²) in [6, 6.07) is 10.0. The summed E-state index contributed by atoms with van der Waals surface area (Å²) in [5.41, 5.74) is 2.75. The standard InChI is InChI=1S/C21H25N3O/c1-15(2)13-19(25)24-21-20(17-11-7-4-8-12-17)23-18(14-22-21)16-9-5-3-6-10-16/h3,5-7,9-11,14-15,17H,4,8,12-13H2,1-2H3,(H,22,24,25). The van der Waals surface area contributed by atoms with E-state index in [1.54, 1.807) is 6.20 Å². The highest BCUT2D eigenvalue weighted by atomic mass is 16.1. The van der Waals surface area contributed by atoms with Gasteiger partial charge in [0.25, 0.3) is 0 Å². The van der Waals surface area contributed by atoms with Gasteiger partial charge in [-0.2, -0.15) is 0 Å². The van der Waals surface area contributed by atoms with Crippen molar-refractivity contribution in [1.29, 1.82) is 0 Å². The van der Waals surface area contributed by atoms with E-state index in [0.29, 0.717) is 18.2 Å². The molecule has 4 nitrogen and oxygen atoms in total. The molecule has 0 spiro atoms. The lowest BCUT2D eigenvalue weighted by atomic mass is 9.92. The van der Waals surface area contributed by atoms with Crippen LogP contribution in [0.4, 0.5) is 5.82 Å². The van der Waals surface area contributed by atoms with E-state index in [0.717, 1.165) is 36.2 Å². The van der Waals surface area contributed by atoms with E-state index in [4.69, 9.17) is 4.98 Å². The first kappa shape index (κ1) is 17.3. The van der Waals surface area contributed by atoms with Gasteiger partial charge >= 0.3 is 0 Å². The van der Waals surface area contributed by atoms with Crippen LogP contribution in [0.5, 0.6) is 0 Å². The van der Waals surface area contributed by atoms with Gasteiger partial charge in [0.15, 0.2) is 5.82 Å². The van der Waals surface area contributed by atoms with Crippen LogP contribution in [-0.2, 0) is 4.79 Å². The maximum atomic E-state index is 12.2. The lowest BCUT2D eigenvalue weighted by Crippen LogP contribution is -2.18. The maximum absolute atomic E-state index is 12.2. The lowest BCUT2D eigenvalue weighted by Gasteiger charge is -2.19. The number of rotatable bonds is 5. The Labute approximate surface area is 149 Å². The molecule has 2 aromatic rings. The Morgan fingerprint density at radius 3 is 2.76 bits per heavy atom. The van der Waals surface area contributed by atoms with Gasteiger partial charge in [0.2, 0.25) is 5.91 Å². The second-order valence-electron chi connectivity index (χ2n) is 6.97.